The summed E-state index contributed by atoms with van der Waals surface area (Å²) in [5.74, 6) is -0.444. The molecule has 0 spiro atoms. The van der Waals surface area contributed by atoms with Gasteiger partial charge in [-0.2, -0.15) is 5.26 Å². The van der Waals surface area contributed by atoms with E-state index in [-0.39, 0.29) is 11.5 Å². The van der Waals surface area contributed by atoms with Crippen LogP contribution in [-0.4, -0.2) is 20.6 Å². The summed E-state index contributed by atoms with van der Waals surface area (Å²) in [6, 6.07) is 8.46. The summed E-state index contributed by atoms with van der Waals surface area (Å²) in [6.07, 6.45) is 1.69. The normalized spacial score (nSPS) is 10.4. The fourth-order valence-electron chi connectivity index (χ4n) is 1.75. The quantitative estimate of drug-likeness (QED) is 0.914. The molecule has 0 radical (unpaired) electrons. The Morgan fingerprint density at radius 2 is 2.21 bits per heavy atom. The molecule has 19 heavy (non-hydrogen) atoms. The molecule has 0 aliphatic carbocycles. The second-order valence-electron chi connectivity index (χ2n) is 4.47. The van der Waals surface area contributed by atoms with Crippen LogP contribution in [0.3, 0.4) is 0 Å². The van der Waals surface area contributed by atoms with E-state index >= 15 is 0 Å². The molecule has 96 valence electrons. The molecule has 0 fully saturated rings. The Hall–Kier alpha value is -2.61. The Morgan fingerprint density at radius 1 is 1.47 bits per heavy atom. The van der Waals surface area contributed by atoms with Gasteiger partial charge in [-0.3, -0.25) is 4.57 Å². The minimum absolute atomic E-state index is 0.110. The van der Waals surface area contributed by atoms with Gasteiger partial charge in [-0.15, -0.1) is 0 Å². The maximum Gasteiger partial charge on any atom is 0.335 e. The lowest BCUT2D eigenvalue weighted by atomic mass is 10.1. The van der Waals surface area contributed by atoms with Crippen LogP contribution in [0.25, 0.3) is 5.82 Å². The summed E-state index contributed by atoms with van der Waals surface area (Å²) < 4.78 is 1.58. The highest BCUT2D eigenvalue weighted by molar-refractivity contribution is 5.88. The van der Waals surface area contributed by atoms with Crippen molar-refractivity contribution in [2.24, 2.45) is 0 Å². The van der Waals surface area contributed by atoms with Crippen LogP contribution in [0.15, 0.2) is 30.5 Å². The Labute approximate surface area is 110 Å². The van der Waals surface area contributed by atoms with E-state index in [1.54, 1.807) is 29.0 Å². The van der Waals surface area contributed by atoms with E-state index in [9.17, 15) is 4.79 Å². The van der Waals surface area contributed by atoms with Crippen molar-refractivity contribution in [1.29, 1.82) is 5.26 Å². The highest BCUT2D eigenvalue weighted by Gasteiger charge is 2.13. The molecular weight excluding hydrogens is 242 g/mol. The standard InChI is InChI=1S/C14H13N3O2/c1-9(2)12-6-10(14(18)19)7-13(16-12)17-5-3-4-11(17)8-15/h3-7,9H,1-2H3,(H,18,19). The minimum atomic E-state index is -1.00. The number of rotatable bonds is 3. The largest absolute Gasteiger partial charge is 0.478 e. The first-order valence-corrected chi connectivity index (χ1v) is 5.86. The maximum atomic E-state index is 11.1. The number of aromatic carboxylic acids is 1. The van der Waals surface area contributed by atoms with Crippen LogP contribution >= 0.6 is 0 Å². The topological polar surface area (TPSA) is 78.9 Å². The van der Waals surface area contributed by atoms with Gasteiger partial charge in [-0.1, -0.05) is 13.8 Å². The van der Waals surface area contributed by atoms with E-state index in [1.165, 1.54) is 6.07 Å². The molecule has 0 saturated carbocycles. The number of carboxylic acids is 1. The third kappa shape index (κ3) is 2.47. The van der Waals surface area contributed by atoms with Gasteiger partial charge < -0.3 is 5.11 Å². The zero-order chi connectivity index (χ0) is 14.0. The summed E-state index contributed by atoms with van der Waals surface area (Å²) >= 11 is 0. The molecule has 2 rings (SSSR count). The maximum absolute atomic E-state index is 11.1. The predicted octanol–water partition coefficient (Wildman–Crippen LogP) is 2.57. The van der Waals surface area contributed by atoms with E-state index in [2.05, 4.69) is 4.98 Å². The van der Waals surface area contributed by atoms with Crippen molar-refractivity contribution >= 4 is 5.97 Å². The minimum Gasteiger partial charge on any atom is -0.478 e. The summed E-state index contributed by atoms with van der Waals surface area (Å²) in [5.41, 5.74) is 1.28. The molecular formula is C14H13N3O2. The van der Waals surface area contributed by atoms with Gasteiger partial charge in [0.05, 0.1) is 5.56 Å². The zero-order valence-electron chi connectivity index (χ0n) is 10.7. The lowest BCUT2D eigenvalue weighted by molar-refractivity contribution is 0.0696. The first-order valence-electron chi connectivity index (χ1n) is 5.86. The molecule has 2 heterocycles. The van der Waals surface area contributed by atoms with Crippen LogP contribution in [0, 0.1) is 11.3 Å². The third-order valence-electron chi connectivity index (χ3n) is 2.78. The summed E-state index contributed by atoms with van der Waals surface area (Å²) in [5, 5.41) is 18.1. The average molecular weight is 255 g/mol. The molecule has 1 N–H and O–H groups in total. The van der Waals surface area contributed by atoms with Gasteiger partial charge in [0.15, 0.2) is 0 Å². The average Bonchev–Trinajstić information content (AvgIpc) is 2.86. The van der Waals surface area contributed by atoms with Gasteiger partial charge in [0, 0.05) is 11.9 Å². The van der Waals surface area contributed by atoms with Crippen molar-refractivity contribution in [1.82, 2.24) is 9.55 Å². The number of pyridine rings is 1. The molecule has 0 atom stereocenters. The van der Waals surface area contributed by atoms with E-state index < -0.39 is 5.97 Å². The van der Waals surface area contributed by atoms with Crippen LogP contribution in [0.5, 0.6) is 0 Å². The SMILES string of the molecule is CC(C)c1cc(C(=O)O)cc(-n2cccc2C#N)n1. The molecule has 0 aliphatic heterocycles. The fourth-order valence-corrected chi connectivity index (χ4v) is 1.75. The highest BCUT2D eigenvalue weighted by Crippen LogP contribution is 2.18. The molecule has 5 heteroatoms. The molecule has 0 aliphatic rings. The zero-order valence-corrected chi connectivity index (χ0v) is 10.7. The monoisotopic (exact) mass is 255 g/mol. The second-order valence-corrected chi connectivity index (χ2v) is 4.47. The molecule has 0 bridgehead atoms. The molecule has 0 amide bonds. The Bertz CT molecular complexity index is 666. The summed E-state index contributed by atoms with van der Waals surface area (Å²) in [6.45, 7) is 3.89. The van der Waals surface area contributed by atoms with Gasteiger partial charge in [-0.05, 0) is 30.2 Å². The van der Waals surface area contributed by atoms with Crippen LogP contribution in [-0.2, 0) is 0 Å². The molecule has 0 aromatic carbocycles. The van der Waals surface area contributed by atoms with Crippen LogP contribution in [0.2, 0.25) is 0 Å². The van der Waals surface area contributed by atoms with Gasteiger partial charge >= 0.3 is 5.97 Å². The number of nitrogens with zero attached hydrogens (tertiary/aromatic N) is 3. The second kappa shape index (κ2) is 4.94. The first kappa shape index (κ1) is 12.8. The summed E-state index contributed by atoms with van der Waals surface area (Å²) in [4.78, 5) is 15.6. The van der Waals surface area contributed by atoms with Gasteiger partial charge in [0.2, 0.25) is 0 Å². The Kier molecular flexibility index (Phi) is 3.34. The van der Waals surface area contributed by atoms with Crippen molar-refractivity contribution in [3.63, 3.8) is 0 Å². The third-order valence-corrected chi connectivity index (χ3v) is 2.78. The fraction of sp³-hybridized carbons (Fsp3) is 0.214. The van der Waals surface area contributed by atoms with Gasteiger partial charge in [0.25, 0.3) is 0 Å². The molecule has 2 aromatic rings. The first-order chi connectivity index (χ1) is 9.02. The van der Waals surface area contributed by atoms with Crippen LogP contribution < -0.4 is 0 Å². The highest BCUT2D eigenvalue weighted by atomic mass is 16.4. The molecule has 5 nitrogen and oxygen atoms in total. The smallest absolute Gasteiger partial charge is 0.335 e. The van der Waals surface area contributed by atoms with Crippen molar-refractivity contribution in [3.8, 4) is 11.9 Å². The van der Waals surface area contributed by atoms with Crippen molar-refractivity contribution in [2.75, 3.05) is 0 Å². The van der Waals surface area contributed by atoms with Crippen molar-refractivity contribution in [2.45, 2.75) is 19.8 Å². The molecule has 0 saturated heterocycles. The Balaban J connectivity index is 2.64. The van der Waals surface area contributed by atoms with Crippen molar-refractivity contribution in [3.05, 3.63) is 47.4 Å². The van der Waals surface area contributed by atoms with Crippen LogP contribution in [0.4, 0.5) is 0 Å². The van der Waals surface area contributed by atoms with Crippen molar-refractivity contribution < 1.29 is 9.90 Å². The number of aromatic nitrogens is 2. The van der Waals surface area contributed by atoms with E-state index in [4.69, 9.17) is 10.4 Å². The Morgan fingerprint density at radius 3 is 2.79 bits per heavy atom. The lowest BCUT2D eigenvalue weighted by Crippen LogP contribution is -2.07. The summed E-state index contributed by atoms with van der Waals surface area (Å²) in [7, 11) is 0. The number of carbonyl (C=O) groups is 1. The van der Waals surface area contributed by atoms with E-state index in [1.807, 2.05) is 19.9 Å². The number of carboxylic acid groups (broad SMARTS) is 1. The number of hydrogen-bond acceptors (Lipinski definition) is 3. The van der Waals surface area contributed by atoms with Crippen LogP contribution in [0.1, 0.15) is 41.5 Å². The van der Waals surface area contributed by atoms with Gasteiger partial charge in [-0.25, -0.2) is 9.78 Å². The molecule has 0 unspecified atom stereocenters. The van der Waals surface area contributed by atoms with Gasteiger partial charge in [0.1, 0.15) is 17.6 Å². The number of hydrogen-bond donors (Lipinski definition) is 1. The lowest BCUT2D eigenvalue weighted by Gasteiger charge is -2.10. The number of nitriles is 1. The van der Waals surface area contributed by atoms with E-state index in [0.29, 0.717) is 17.2 Å². The molecule has 2 aromatic heterocycles. The van der Waals surface area contributed by atoms with E-state index in [0.717, 1.165) is 0 Å². The predicted molar refractivity (Wildman–Crippen MR) is 69.3 cm³/mol.